The van der Waals surface area contributed by atoms with Crippen molar-refractivity contribution in [1.29, 1.82) is 0 Å². The highest BCUT2D eigenvalue weighted by Gasteiger charge is 2.32. The van der Waals surface area contributed by atoms with Crippen LogP contribution in [-0.2, 0) is 9.59 Å². The number of halogens is 1. The summed E-state index contributed by atoms with van der Waals surface area (Å²) in [7, 11) is 0. The zero-order valence-corrected chi connectivity index (χ0v) is 17.3. The Morgan fingerprint density at radius 3 is 2.27 bits per heavy atom. The molecule has 0 aliphatic rings. The van der Waals surface area contributed by atoms with E-state index in [0.29, 0.717) is 17.8 Å². The second-order valence-electron chi connectivity index (χ2n) is 7.70. The summed E-state index contributed by atoms with van der Waals surface area (Å²) in [6, 6.07) is 11.9. The molecule has 0 heterocycles. The molecule has 1 unspecified atom stereocenters. The maximum Gasteiger partial charge on any atom is 0.257 e. The standard InChI is InChI=1S/C22H27FN4O3/c1-14(2)12-22(3,21(24)30)25-13-19(28)27-18-7-5-4-6-17(18)20(29)26-16-10-8-15(23)9-11-16/h4-11,14,25H,12-13H2,1-3H3,(H2,24,30)(H,26,29)(H,27,28). The van der Waals surface area contributed by atoms with Crippen molar-refractivity contribution >= 4 is 29.1 Å². The number of rotatable bonds is 9. The highest BCUT2D eigenvalue weighted by molar-refractivity contribution is 6.10. The molecule has 0 aliphatic carbocycles. The summed E-state index contributed by atoms with van der Waals surface area (Å²) >= 11 is 0. The zero-order valence-electron chi connectivity index (χ0n) is 17.3. The number of anilines is 2. The van der Waals surface area contributed by atoms with E-state index in [1.54, 1.807) is 31.2 Å². The SMILES string of the molecule is CC(C)CC(C)(NCC(=O)Nc1ccccc1C(=O)Nc1ccc(F)cc1)C(N)=O. The Labute approximate surface area is 175 Å². The maximum absolute atomic E-state index is 13.0. The molecule has 2 aromatic carbocycles. The predicted molar refractivity (Wildman–Crippen MR) is 114 cm³/mol. The molecule has 2 rings (SSSR count). The molecule has 3 amide bonds. The van der Waals surface area contributed by atoms with Crippen LogP contribution in [0.25, 0.3) is 0 Å². The predicted octanol–water partition coefficient (Wildman–Crippen LogP) is 2.90. The number of carbonyl (C=O) groups excluding carboxylic acids is 3. The van der Waals surface area contributed by atoms with Crippen molar-refractivity contribution in [3.63, 3.8) is 0 Å². The zero-order chi connectivity index (χ0) is 22.3. The van der Waals surface area contributed by atoms with Crippen LogP contribution >= 0.6 is 0 Å². The molecule has 0 fully saturated rings. The van der Waals surface area contributed by atoms with Crippen LogP contribution in [0.2, 0.25) is 0 Å². The first-order valence-corrected chi connectivity index (χ1v) is 9.61. The molecule has 0 saturated heterocycles. The number of nitrogens with two attached hydrogens (primary N) is 1. The summed E-state index contributed by atoms with van der Waals surface area (Å²) in [4.78, 5) is 36.9. The normalized spacial score (nSPS) is 12.8. The fourth-order valence-electron chi connectivity index (χ4n) is 3.07. The van der Waals surface area contributed by atoms with Crippen LogP contribution in [-0.4, -0.2) is 29.8 Å². The molecule has 0 radical (unpaired) electrons. The average Bonchev–Trinajstić information content (AvgIpc) is 2.68. The van der Waals surface area contributed by atoms with Gasteiger partial charge in [-0.2, -0.15) is 0 Å². The number of carbonyl (C=O) groups is 3. The first-order valence-electron chi connectivity index (χ1n) is 9.61. The van der Waals surface area contributed by atoms with Crippen molar-refractivity contribution in [2.45, 2.75) is 32.7 Å². The molecular weight excluding hydrogens is 387 g/mol. The molecule has 5 N–H and O–H groups in total. The Bertz CT molecular complexity index is 915. The van der Waals surface area contributed by atoms with Gasteiger partial charge in [0.05, 0.1) is 23.3 Å². The highest BCUT2D eigenvalue weighted by Crippen LogP contribution is 2.19. The van der Waals surface area contributed by atoms with Gasteiger partial charge in [-0.15, -0.1) is 0 Å². The largest absolute Gasteiger partial charge is 0.368 e. The Kier molecular flexibility index (Phi) is 7.66. The van der Waals surface area contributed by atoms with Crippen LogP contribution in [0.4, 0.5) is 15.8 Å². The van der Waals surface area contributed by atoms with Gasteiger partial charge in [-0.3, -0.25) is 19.7 Å². The van der Waals surface area contributed by atoms with E-state index in [-0.39, 0.29) is 18.0 Å². The van der Waals surface area contributed by atoms with E-state index in [9.17, 15) is 18.8 Å². The number of nitrogens with one attached hydrogen (secondary N) is 3. The van der Waals surface area contributed by atoms with E-state index in [2.05, 4.69) is 16.0 Å². The fourth-order valence-corrected chi connectivity index (χ4v) is 3.07. The second-order valence-corrected chi connectivity index (χ2v) is 7.70. The third-order valence-electron chi connectivity index (χ3n) is 4.55. The molecule has 0 aliphatic heterocycles. The lowest BCUT2D eigenvalue weighted by Gasteiger charge is -2.29. The molecule has 160 valence electrons. The lowest BCUT2D eigenvalue weighted by atomic mass is 9.90. The molecule has 0 spiro atoms. The minimum atomic E-state index is -1.02. The lowest BCUT2D eigenvalue weighted by molar-refractivity contribution is -0.125. The third kappa shape index (κ3) is 6.38. The summed E-state index contributed by atoms with van der Waals surface area (Å²) in [6.07, 6.45) is 0.478. The van der Waals surface area contributed by atoms with Crippen LogP contribution in [0.15, 0.2) is 48.5 Å². The Morgan fingerprint density at radius 1 is 1.03 bits per heavy atom. The van der Waals surface area contributed by atoms with Crippen molar-refractivity contribution in [3.05, 3.63) is 59.9 Å². The Balaban J connectivity index is 2.06. The first kappa shape index (κ1) is 23.0. The van der Waals surface area contributed by atoms with Gasteiger partial charge in [-0.05, 0) is 55.7 Å². The summed E-state index contributed by atoms with van der Waals surface area (Å²) < 4.78 is 13.0. The minimum absolute atomic E-state index is 0.153. The third-order valence-corrected chi connectivity index (χ3v) is 4.55. The average molecular weight is 414 g/mol. The summed E-state index contributed by atoms with van der Waals surface area (Å²) in [5, 5.41) is 8.25. The molecule has 2 aromatic rings. The molecule has 0 aromatic heterocycles. The second kappa shape index (κ2) is 9.98. The summed E-state index contributed by atoms with van der Waals surface area (Å²) in [6.45, 7) is 5.42. The van der Waals surface area contributed by atoms with Gasteiger partial charge in [0.1, 0.15) is 5.82 Å². The van der Waals surface area contributed by atoms with Crippen LogP contribution in [0.1, 0.15) is 37.6 Å². The van der Waals surface area contributed by atoms with Gasteiger partial charge in [-0.1, -0.05) is 26.0 Å². The molecule has 0 bridgehead atoms. The van der Waals surface area contributed by atoms with E-state index in [1.807, 2.05) is 13.8 Å². The molecular formula is C22H27FN4O3. The van der Waals surface area contributed by atoms with E-state index >= 15 is 0 Å². The van der Waals surface area contributed by atoms with E-state index in [1.165, 1.54) is 24.3 Å². The molecule has 1 atom stereocenters. The molecule has 7 nitrogen and oxygen atoms in total. The van der Waals surface area contributed by atoms with Crippen LogP contribution in [0, 0.1) is 11.7 Å². The van der Waals surface area contributed by atoms with Gasteiger partial charge in [0.25, 0.3) is 5.91 Å². The maximum atomic E-state index is 13.0. The van der Waals surface area contributed by atoms with Crippen LogP contribution in [0.5, 0.6) is 0 Å². The Hall–Kier alpha value is -3.26. The van der Waals surface area contributed by atoms with Gasteiger partial charge < -0.3 is 16.4 Å². The van der Waals surface area contributed by atoms with Crippen molar-refractivity contribution in [1.82, 2.24) is 5.32 Å². The van der Waals surface area contributed by atoms with Crippen molar-refractivity contribution in [2.75, 3.05) is 17.2 Å². The molecule has 30 heavy (non-hydrogen) atoms. The molecule has 8 heteroatoms. The smallest absolute Gasteiger partial charge is 0.257 e. The first-order chi connectivity index (χ1) is 14.1. The van der Waals surface area contributed by atoms with E-state index in [4.69, 9.17) is 5.73 Å². The van der Waals surface area contributed by atoms with Gasteiger partial charge in [0.15, 0.2) is 0 Å². The van der Waals surface area contributed by atoms with Crippen molar-refractivity contribution in [2.24, 2.45) is 11.7 Å². The quantitative estimate of drug-likeness (QED) is 0.505. The number of hydrogen-bond acceptors (Lipinski definition) is 4. The lowest BCUT2D eigenvalue weighted by Crippen LogP contribution is -2.55. The van der Waals surface area contributed by atoms with Crippen molar-refractivity contribution in [3.8, 4) is 0 Å². The summed E-state index contributed by atoms with van der Waals surface area (Å²) in [5.41, 5.74) is 5.46. The minimum Gasteiger partial charge on any atom is -0.368 e. The fraction of sp³-hybridized carbons (Fsp3) is 0.318. The van der Waals surface area contributed by atoms with Gasteiger partial charge in [-0.25, -0.2) is 4.39 Å². The number of hydrogen-bond donors (Lipinski definition) is 4. The van der Waals surface area contributed by atoms with Gasteiger partial charge in [0.2, 0.25) is 11.8 Å². The number of benzene rings is 2. The number of amides is 3. The topological polar surface area (TPSA) is 113 Å². The van der Waals surface area contributed by atoms with E-state index in [0.717, 1.165) is 0 Å². The highest BCUT2D eigenvalue weighted by atomic mass is 19.1. The van der Waals surface area contributed by atoms with Crippen molar-refractivity contribution < 1.29 is 18.8 Å². The van der Waals surface area contributed by atoms with Gasteiger partial charge >= 0.3 is 0 Å². The monoisotopic (exact) mass is 414 g/mol. The number of primary amides is 1. The molecule has 0 saturated carbocycles. The van der Waals surface area contributed by atoms with E-state index < -0.39 is 29.1 Å². The van der Waals surface area contributed by atoms with Gasteiger partial charge in [0, 0.05) is 5.69 Å². The number of para-hydroxylation sites is 1. The van der Waals surface area contributed by atoms with Crippen LogP contribution < -0.4 is 21.7 Å². The summed E-state index contributed by atoms with van der Waals surface area (Å²) in [5.74, 6) is -1.62. The Morgan fingerprint density at radius 2 is 1.67 bits per heavy atom. The van der Waals surface area contributed by atoms with Crippen LogP contribution in [0.3, 0.4) is 0 Å².